The maximum atomic E-state index is 2.87. The van der Waals surface area contributed by atoms with Crippen LogP contribution in [-0.4, -0.2) is 24.5 Å². The van der Waals surface area contributed by atoms with Gasteiger partial charge in [-0.2, -0.15) is 0 Å². The minimum absolute atomic E-state index is 1.37. The quantitative estimate of drug-likeness (QED) is 0.0575. The van der Waals surface area contributed by atoms with E-state index in [1.165, 1.54) is 289 Å². The lowest BCUT2D eigenvalue weighted by molar-refractivity contribution is 0.254. The molecule has 0 radical (unpaired) electrons. The van der Waals surface area contributed by atoms with Crippen LogP contribution in [0.3, 0.4) is 0 Å². The highest BCUT2D eigenvalue weighted by atomic mass is 15.1. The SMILES string of the molecule is CCCCCCCCCCCCCCCCCCN(CCCCCCCCCCCC)CCCCCCCCCCCCCCCCCC. The summed E-state index contributed by atoms with van der Waals surface area (Å²) < 4.78 is 0. The first-order valence-electron chi connectivity index (χ1n) is 24.1. The Labute approximate surface area is 314 Å². The molecule has 49 heavy (non-hydrogen) atoms. The highest BCUT2D eigenvalue weighted by Gasteiger charge is 2.05. The van der Waals surface area contributed by atoms with Gasteiger partial charge in [-0.05, 0) is 38.9 Å². The van der Waals surface area contributed by atoms with Gasteiger partial charge in [0.15, 0.2) is 0 Å². The van der Waals surface area contributed by atoms with Gasteiger partial charge < -0.3 is 4.90 Å². The van der Waals surface area contributed by atoms with Crippen molar-refractivity contribution in [3.63, 3.8) is 0 Å². The van der Waals surface area contributed by atoms with Crippen LogP contribution < -0.4 is 0 Å². The second kappa shape index (κ2) is 46.0. The van der Waals surface area contributed by atoms with Crippen molar-refractivity contribution < 1.29 is 0 Å². The Morgan fingerprint density at radius 2 is 0.286 bits per heavy atom. The highest BCUT2D eigenvalue weighted by molar-refractivity contribution is 4.61. The Bertz CT molecular complexity index is 507. The van der Waals surface area contributed by atoms with Gasteiger partial charge in [-0.3, -0.25) is 0 Å². The minimum Gasteiger partial charge on any atom is -0.303 e. The molecule has 0 rings (SSSR count). The standard InChI is InChI=1S/C48H99N/c1-4-7-10-13-16-19-22-24-26-28-30-32-35-38-41-44-47-49(46-43-40-37-34-21-18-15-12-9-6-3)48-45-42-39-36-33-31-29-27-25-23-20-17-14-11-8-5-2/h4-48H2,1-3H3. The van der Waals surface area contributed by atoms with E-state index in [0.29, 0.717) is 0 Å². The molecule has 0 aromatic heterocycles. The molecule has 0 saturated heterocycles. The molecule has 0 N–H and O–H groups in total. The molecule has 0 atom stereocenters. The number of rotatable bonds is 45. The number of nitrogens with zero attached hydrogens (tertiary/aromatic N) is 1. The summed E-state index contributed by atoms with van der Waals surface area (Å²) in [5, 5.41) is 0. The van der Waals surface area contributed by atoms with Gasteiger partial charge in [-0.15, -0.1) is 0 Å². The molecule has 0 aliphatic carbocycles. The third-order valence-electron chi connectivity index (χ3n) is 11.5. The summed E-state index contributed by atoms with van der Waals surface area (Å²) >= 11 is 0. The normalized spacial score (nSPS) is 11.8. The molecule has 0 unspecified atom stereocenters. The van der Waals surface area contributed by atoms with Crippen LogP contribution in [0.15, 0.2) is 0 Å². The minimum atomic E-state index is 1.37. The van der Waals surface area contributed by atoms with Crippen LogP contribution in [0.4, 0.5) is 0 Å². The third-order valence-corrected chi connectivity index (χ3v) is 11.5. The number of unbranched alkanes of at least 4 members (excludes halogenated alkanes) is 39. The molecule has 0 aliphatic rings. The van der Waals surface area contributed by atoms with Gasteiger partial charge in [0.1, 0.15) is 0 Å². The van der Waals surface area contributed by atoms with Gasteiger partial charge in [0, 0.05) is 0 Å². The number of hydrogen-bond acceptors (Lipinski definition) is 1. The largest absolute Gasteiger partial charge is 0.303 e. The van der Waals surface area contributed by atoms with E-state index >= 15 is 0 Å². The lowest BCUT2D eigenvalue weighted by Gasteiger charge is -2.22. The molecular weight excluding hydrogens is 591 g/mol. The fourth-order valence-corrected chi connectivity index (χ4v) is 7.93. The van der Waals surface area contributed by atoms with Crippen LogP contribution in [-0.2, 0) is 0 Å². The molecule has 0 aliphatic heterocycles. The van der Waals surface area contributed by atoms with Crippen molar-refractivity contribution in [1.29, 1.82) is 0 Å². The zero-order valence-electron chi connectivity index (χ0n) is 35.3. The lowest BCUT2D eigenvalue weighted by atomic mass is 10.0. The van der Waals surface area contributed by atoms with Gasteiger partial charge in [-0.25, -0.2) is 0 Å². The Morgan fingerprint density at radius 3 is 0.429 bits per heavy atom. The van der Waals surface area contributed by atoms with Crippen molar-refractivity contribution in [2.75, 3.05) is 19.6 Å². The first-order chi connectivity index (χ1) is 24.3. The predicted molar refractivity (Wildman–Crippen MR) is 227 cm³/mol. The van der Waals surface area contributed by atoms with E-state index in [0.717, 1.165) is 0 Å². The summed E-state index contributed by atoms with van der Waals surface area (Å²) in [4.78, 5) is 2.87. The van der Waals surface area contributed by atoms with Crippen LogP contribution in [0.25, 0.3) is 0 Å². The summed E-state index contributed by atoms with van der Waals surface area (Å²) in [6, 6.07) is 0. The molecule has 0 aromatic rings. The van der Waals surface area contributed by atoms with Crippen molar-refractivity contribution in [2.45, 2.75) is 290 Å². The van der Waals surface area contributed by atoms with Gasteiger partial charge in [-0.1, -0.05) is 271 Å². The summed E-state index contributed by atoms with van der Waals surface area (Å²) in [6.07, 6.45) is 61.6. The zero-order valence-corrected chi connectivity index (χ0v) is 35.3. The van der Waals surface area contributed by atoms with Crippen molar-refractivity contribution >= 4 is 0 Å². The molecule has 1 nitrogen and oxygen atoms in total. The first kappa shape index (κ1) is 49.0. The first-order valence-corrected chi connectivity index (χ1v) is 24.1. The smallest absolute Gasteiger partial charge is 0.00187 e. The monoisotopic (exact) mass is 690 g/mol. The molecule has 0 bridgehead atoms. The molecule has 1 heteroatoms. The van der Waals surface area contributed by atoms with E-state index in [9.17, 15) is 0 Å². The molecular formula is C48H99N. The Hall–Kier alpha value is -0.0400. The molecule has 0 saturated carbocycles. The maximum absolute atomic E-state index is 2.87. The molecule has 296 valence electrons. The van der Waals surface area contributed by atoms with E-state index in [-0.39, 0.29) is 0 Å². The second-order valence-electron chi connectivity index (χ2n) is 16.6. The molecule has 0 heterocycles. The third kappa shape index (κ3) is 44.0. The molecule has 0 fully saturated rings. The maximum Gasteiger partial charge on any atom is -0.00187 e. The van der Waals surface area contributed by atoms with Crippen LogP contribution >= 0.6 is 0 Å². The van der Waals surface area contributed by atoms with E-state index in [1.54, 1.807) is 0 Å². The summed E-state index contributed by atoms with van der Waals surface area (Å²) in [7, 11) is 0. The van der Waals surface area contributed by atoms with Crippen molar-refractivity contribution in [3.05, 3.63) is 0 Å². The predicted octanol–water partition coefficient (Wildman–Crippen LogP) is 17.7. The zero-order chi connectivity index (χ0) is 35.4. The van der Waals surface area contributed by atoms with Crippen LogP contribution in [0.5, 0.6) is 0 Å². The molecule has 0 aromatic carbocycles. The van der Waals surface area contributed by atoms with Gasteiger partial charge in [0.25, 0.3) is 0 Å². The average molecular weight is 690 g/mol. The topological polar surface area (TPSA) is 3.24 Å². The fourth-order valence-electron chi connectivity index (χ4n) is 7.93. The van der Waals surface area contributed by atoms with Crippen LogP contribution in [0.1, 0.15) is 290 Å². The van der Waals surface area contributed by atoms with Gasteiger partial charge >= 0.3 is 0 Å². The molecule has 0 amide bonds. The van der Waals surface area contributed by atoms with E-state index in [2.05, 4.69) is 25.7 Å². The van der Waals surface area contributed by atoms with Crippen molar-refractivity contribution in [3.8, 4) is 0 Å². The second-order valence-corrected chi connectivity index (χ2v) is 16.6. The molecule has 0 spiro atoms. The van der Waals surface area contributed by atoms with Crippen molar-refractivity contribution in [2.24, 2.45) is 0 Å². The van der Waals surface area contributed by atoms with Gasteiger partial charge in [0.05, 0.1) is 0 Å². The van der Waals surface area contributed by atoms with E-state index < -0.39 is 0 Å². The summed E-state index contributed by atoms with van der Waals surface area (Å²) in [6.45, 7) is 11.1. The Balaban J connectivity index is 3.87. The average Bonchev–Trinajstić information content (AvgIpc) is 3.11. The Kier molecular flexibility index (Phi) is 45.9. The summed E-state index contributed by atoms with van der Waals surface area (Å²) in [5.74, 6) is 0. The lowest BCUT2D eigenvalue weighted by Crippen LogP contribution is -2.27. The van der Waals surface area contributed by atoms with Crippen LogP contribution in [0, 0.1) is 0 Å². The van der Waals surface area contributed by atoms with Gasteiger partial charge in [0.2, 0.25) is 0 Å². The van der Waals surface area contributed by atoms with E-state index in [4.69, 9.17) is 0 Å². The van der Waals surface area contributed by atoms with Crippen LogP contribution in [0.2, 0.25) is 0 Å². The fraction of sp³-hybridized carbons (Fsp3) is 1.00. The van der Waals surface area contributed by atoms with Crippen molar-refractivity contribution in [1.82, 2.24) is 4.90 Å². The Morgan fingerprint density at radius 1 is 0.163 bits per heavy atom. The summed E-state index contributed by atoms with van der Waals surface area (Å²) in [5.41, 5.74) is 0. The highest BCUT2D eigenvalue weighted by Crippen LogP contribution is 2.17. The number of hydrogen-bond donors (Lipinski definition) is 0. The van der Waals surface area contributed by atoms with E-state index in [1.807, 2.05) is 0 Å².